The number of nitrogens with one attached hydrogen (secondary N) is 3. The number of aromatic nitrogens is 3. The van der Waals surface area contributed by atoms with Crippen LogP contribution in [0.4, 0.5) is 5.69 Å². The third-order valence-electron chi connectivity index (χ3n) is 5.66. The summed E-state index contributed by atoms with van der Waals surface area (Å²) < 4.78 is 2.44. The zero-order valence-electron chi connectivity index (χ0n) is 16.3. The van der Waals surface area contributed by atoms with Gasteiger partial charge in [0.1, 0.15) is 0 Å². The fourth-order valence-corrected chi connectivity index (χ4v) is 4.33. The molecule has 1 aliphatic carbocycles. The molecule has 2 heterocycles. The number of hydrogen-bond acceptors (Lipinski definition) is 2. The fraction of sp³-hybridized carbons (Fsp3) is 0.364. The number of hydrogen-bond donors (Lipinski definition) is 3. The second-order valence-corrected chi connectivity index (χ2v) is 7.65. The van der Waals surface area contributed by atoms with Crippen molar-refractivity contribution < 1.29 is 4.79 Å². The predicted octanol–water partition coefficient (Wildman–Crippen LogP) is 4.43. The molecule has 146 valence electrons. The Balaban J connectivity index is 1.48. The van der Waals surface area contributed by atoms with Gasteiger partial charge in [-0.05, 0) is 62.6 Å². The molecule has 6 nitrogen and oxygen atoms in total. The third kappa shape index (κ3) is 3.67. The molecule has 0 saturated heterocycles. The Bertz CT molecular complexity index is 1090. The summed E-state index contributed by atoms with van der Waals surface area (Å²) in [6, 6.07) is 8.02. The van der Waals surface area contributed by atoms with Crippen molar-refractivity contribution in [2.24, 2.45) is 0 Å². The largest absolute Gasteiger partial charge is 0.346 e. The molecule has 1 fully saturated rings. The summed E-state index contributed by atoms with van der Waals surface area (Å²) in [5.74, 6) is -0.195. The van der Waals surface area contributed by atoms with Crippen LogP contribution in [0.1, 0.15) is 55.1 Å². The normalized spacial score (nSPS) is 15.5. The van der Waals surface area contributed by atoms with E-state index in [0.29, 0.717) is 22.8 Å². The summed E-state index contributed by atoms with van der Waals surface area (Å²) >= 11 is 0. The minimum Gasteiger partial charge on any atom is -0.346 e. The van der Waals surface area contributed by atoms with Gasteiger partial charge in [0.05, 0.1) is 11.0 Å². The van der Waals surface area contributed by atoms with E-state index in [4.69, 9.17) is 0 Å². The number of imidazole rings is 1. The van der Waals surface area contributed by atoms with E-state index in [9.17, 15) is 9.59 Å². The number of rotatable bonds is 4. The van der Waals surface area contributed by atoms with Crippen LogP contribution in [0.5, 0.6) is 0 Å². The van der Waals surface area contributed by atoms with E-state index in [1.54, 1.807) is 24.3 Å². The summed E-state index contributed by atoms with van der Waals surface area (Å²) in [5, 5.41) is 2.85. The molecule has 0 unspecified atom stereocenters. The monoisotopic (exact) mass is 378 g/mol. The number of aryl methyl sites for hydroxylation is 1. The molecule has 0 radical (unpaired) electrons. The topological polar surface area (TPSA) is 82.7 Å². The summed E-state index contributed by atoms with van der Waals surface area (Å²) in [4.78, 5) is 29.1. The average molecular weight is 378 g/mol. The zero-order valence-corrected chi connectivity index (χ0v) is 16.3. The quantitative estimate of drug-likeness (QED) is 0.587. The first kappa shape index (κ1) is 18.3. The number of fused-ring (bicyclic) bond motifs is 1. The van der Waals surface area contributed by atoms with Gasteiger partial charge in [-0.25, -0.2) is 4.79 Å². The van der Waals surface area contributed by atoms with Crippen LogP contribution in [-0.4, -0.2) is 20.4 Å². The molecular formula is C22H26N4O2. The van der Waals surface area contributed by atoms with Crippen LogP contribution in [0.15, 0.2) is 35.1 Å². The number of H-pyrrole nitrogens is 2. The van der Waals surface area contributed by atoms with Crippen molar-refractivity contribution in [3.63, 3.8) is 0 Å². The fourth-order valence-electron chi connectivity index (χ4n) is 4.33. The Labute approximate surface area is 163 Å². The van der Waals surface area contributed by atoms with Crippen LogP contribution in [0.3, 0.4) is 0 Å². The maximum Gasteiger partial charge on any atom is 0.323 e. The van der Waals surface area contributed by atoms with Gasteiger partial charge in [0.15, 0.2) is 0 Å². The Kier molecular flexibility index (Phi) is 4.94. The van der Waals surface area contributed by atoms with E-state index < -0.39 is 0 Å². The van der Waals surface area contributed by atoms with E-state index in [1.165, 1.54) is 43.5 Å². The maximum atomic E-state index is 12.3. The number of carbonyl (C=O) groups is 1. The number of amides is 1. The van der Waals surface area contributed by atoms with Gasteiger partial charge in [0.25, 0.3) is 0 Å². The Hall–Kier alpha value is -3.02. The van der Waals surface area contributed by atoms with Gasteiger partial charge in [-0.3, -0.25) is 4.79 Å². The lowest BCUT2D eigenvalue weighted by molar-refractivity contribution is -0.111. The van der Waals surface area contributed by atoms with Crippen LogP contribution >= 0.6 is 0 Å². The minimum atomic E-state index is -0.258. The molecule has 1 saturated carbocycles. The van der Waals surface area contributed by atoms with Crippen LogP contribution in [0.2, 0.25) is 0 Å². The number of aromatic amines is 2. The van der Waals surface area contributed by atoms with Crippen molar-refractivity contribution in [2.75, 3.05) is 5.32 Å². The van der Waals surface area contributed by atoms with Gasteiger partial charge in [0, 0.05) is 29.2 Å². The molecule has 0 bridgehead atoms. The molecule has 1 aromatic carbocycles. The first-order chi connectivity index (χ1) is 13.5. The van der Waals surface area contributed by atoms with Gasteiger partial charge in [-0.1, -0.05) is 19.3 Å². The number of benzene rings is 1. The number of nitrogens with zero attached hydrogens (tertiary/aromatic N) is 1. The average Bonchev–Trinajstić information content (AvgIpc) is 3.18. The third-order valence-corrected chi connectivity index (χ3v) is 5.66. The van der Waals surface area contributed by atoms with Crippen LogP contribution in [-0.2, 0) is 4.79 Å². The molecule has 3 N–H and O–H groups in total. The lowest BCUT2D eigenvalue weighted by atomic mass is 9.95. The van der Waals surface area contributed by atoms with E-state index >= 15 is 0 Å². The van der Waals surface area contributed by atoms with Crippen molar-refractivity contribution in [2.45, 2.75) is 52.0 Å². The van der Waals surface area contributed by atoms with E-state index in [1.807, 2.05) is 6.08 Å². The van der Waals surface area contributed by atoms with Gasteiger partial charge in [0.2, 0.25) is 5.91 Å². The Morgan fingerprint density at radius 1 is 1.11 bits per heavy atom. The summed E-state index contributed by atoms with van der Waals surface area (Å²) in [7, 11) is 0. The van der Waals surface area contributed by atoms with E-state index in [0.717, 1.165) is 5.56 Å². The molecule has 2 aromatic heterocycles. The van der Waals surface area contributed by atoms with Crippen molar-refractivity contribution >= 4 is 28.7 Å². The molecule has 6 heteroatoms. The second kappa shape index (κ2) is 7.54. The number of carbonyl (C=O) groups excluding carboxylic acids is 1. The predicted molar refractivity (Wildman–Crippen MR) is 113 cm³/mol. The van der Waals surface area contributed by atoms with Gasteiger partial charge in [-0.2, -0.15) is 0 Å². The van der Waals surface area contributed by atoms with E-state index in [-0.39, 0.29) is 11.6 Å². The maximum absolute atomic E-state index is 12.3. The lowest BCUT2D eigenvalue weighted by Crippen LogP contribution is -2.15. The molecule has 1 amide bonds. The Morgan fingerprint density at radius 3 is 2.64 bits per heavy atom. The highest BCUT2D eigenvalue weighted by atomic mass is 16.1. The smallest absolute Gasteiger partial charge is 0.323 e. The standard InChI is InChI=1S/C22H26N4O2/c1-14-12-16(15(2)26(14)18-6-4-3-5-7-18)8-11-21(27)23-17-9-10-19-20(13-17)25-22(28)24-19/h8-13,18H,3-7H2,1-2H3,(H,23,27)(H2,24,25,28). The molecule has 0 spiro atoms. The second-order valence-electron chi connectivity index (χ2n) is 7.65. The van der Waals surface area contributed by atoms with Crippen LogP contribution in [0, 0.1) is 13.8 Å². The highest BCUT2D eigenvalue weighted by Crippen LogP contribution is 2.32. The Morgan fingerprint density at radius 2 is 1.86 bits per heavy atom. The SMILES string of the molecule is Cc1cc(C=CC(=O)Nc2ccc3[nH]c(=O)[nH]c3c2)c(C)n1C1CCCCC1. The van der Waals surface area contributed by atoms with Crippen molar-refractivity contribution in [3.05, 3.63) is 57.8 Å². The molecule has 0 atom stereocenters. The van der Waals surface area contributed by atoms with Gasteiger partial charge < -0.3 is 19.9 Å². The summed E-state index contributed by atoms with van der Waals surface area (Å²) in [5.41, 5.74) is 5.34. The molecule has 0 aliphatic heterocycles. The van der Waals surface area contributed by atoms with E-state index in [2.05, 4.69) is 39.8 Å². The van der Waals surface area contributed by atoms with Gasteiger partial charge >= 0.3 is 5.69 Å². The highest BCUT2D eigenvalue weighted by Gasteiger charge is 2.19. The zero-order chi connectivity index (χ0) is 19.7. The summed E-state index contributed by atoms with van der Waals surface area (Å²) in [6.45, 7) is 4.28. The van der Waals surface area contributed by atoms with Crippen LogP contribution < -0.4 is 11.0 Å². The highest BCUT2D eigenvalue weighted by molar-refractivity contribution is 6.02. The molecule has 3 aromatic rings. The first-order valence-corrected chi connectivity index (χ1v) is 9.91. The van der Waals surface area contributed by atoms with Crippen molar-refractivity contribution in [3.8, 4) is 0 Å². The molecular weight excluding hydrogens is 352 g/mol. The van der Waals surface area contributed by atoms with Crippen molar-refractivity contribution in [1.82, 2.24) is 14.5 Å². The summed E-state index contributed by atoms with van der Waals surface area (Å²) in [6.07, 6.45) is 9.86. The van der Waals surface area contributed by atoms with Gasteiger partial charge in [-0.15, -0.1) is 0 Å². The van der Waals surface area contributed by atoms with Crippen molar-refractivity contribution in [1.29, 1.82) is 0 Å². The number of anilines is 1. The molecule has 28 heavy (non-hydrogen) atoms. The lowest BCUT2D eigenvalue weighted by Gasteiger charge is -2.26. The van der Waals surface area contributed by atoms with Crippen LogP contribution in [0.25, 0.3) is 17.1 Å². The molecule has 4 rings (SSSR count). The minimum absolute atomic E-state index is 0.195. The molecule has 1 aliphatic rings. The first-order valence-electron chi connectivity index (χ1n) is 9.91.